The van der Waals surface area contributed by atoms with Crippen molar-refractivity contribution in [2.45, 2.75) is 19.9 Å². The fraction of sp³-hybridized carbons (Fsp3) is 0.167. The average Bonchev–Trinajstić information content (AvgIpc) is 2.76. The summed E-state index contributed by atoms with van der Waals surface area (Å²) in [6.07, 6.45) is 1.42. The topological polar surface area (TPSA) is 55.4 Å². The minimum absolute atomic E-state index is 0.0305. The van der Waals surface area contributed by atoms with Crippen molar-refractivity contribution < 1.29 is 23.1 Å². The quantitative estimate of drug-likeness (QED) is 0.446. The Kier molecular flexibility index (Phi) is 7.36. The highest BCUT2D eigenvalue weighted by molar-refractivity contribution is 6.30. The number of carbonyl (C=O) groups excluding carboxylic acids is 2. The number of aldehydes is 1. The first-order valence-electron chi connectivity index (χ1n) is 9.67. The predicted molar refractivity (Wildman–Crippen MR) is 116 cm³/mol. The zero-order chi connectivity index (χ0) is 22.4. The van der Waals surface area contributed by atoms with Crippen molar-refractivity contribution in [2.24, 2.45) is 0 Å². The van der Waals surface area contributed by atoms with Gasteiger partial charge in [0.25, 0.3) is 5.91 Å². The molecule has 0 radical (unpaired) electrons. The van der Waals surface area contributed by atoms with Crippen LogP contribution in [0.25, 0.3) is 11.1 Å². The number of nitrogens with one attached hydrogen (secondary N) is 1. The Hall–Kier alpha value is -3.25. The van der Waals surface area contributed by atoms with Crippen LogP contribution in [-0.4, -0.2) is 18.8 Å². The first kappa shape index (κ1) is 22.4. The summed E-state index contributed by atoms with van der Waals surface area (Å²) in [6.45, 7) is 2.45. The number of rotatable bonds is 8. The Morgan fingerprint density at radius 1 is 1.06 bits per heavy atom. The zero-order valence-electron chi connectivity index (χ0n) is 16.8. The molecule has 0 saturated heterocycles. The van der Waals surface area contributed by atoms with E-state index in [1.807, 2.05) is 6.92 Å². The van der Waals surface area contributed by atoms with Crippen molar-refractivity contribution in [3.63, 3.8) is 0 Å². The Labute approximate surface area is 183 Å². The van der Waals surface area contributed by atoms with Gasteiger partial charge < -0.3 is 10.1 Å². The van der Waals surface area contributed by atoms with E-state index in [1.165, 1.54) is 30.3 Å². The first-order valence-corrected chi connectivity index (χ1v) is 10.0. The molecular weight excluding hydrogens is 424 g/mol. The molecule has 3 aromatic carbocycles. The van der Waals surface area contributed by atoms with Crippen molar-refractivity contribution in [2.75, 3.05) is 6.61 Å². The summed E-state index contributed by atoms with van der Waals surface area (Å²) < 4.78 is 34.1. The number of halogens is 3. The molecule has 1 amide bonds. The third-order valence-corrected chi connectivity index (χ3v) is 4.81. The molecule has 0 atom stereocenters. The lowest BCUT2D eigenvalue weighted by atomic mass is 10.00. The standard InChI is InChI=1S/C24H20ClF2NO3/c1-2-9-31-23-8-4-16(20-10-15(14-29)3-7-21(20)26)11-17(23)13-28-24(30)19-6-5-18(25)12-22(19)27/h3-8,10-12,14H,2,9,13H2,1H3,(H,28,30). The van der Waals surface area contributed by atoms with Gasteiger partial charge in [-0.3, -0.25) is 9.59 Å². The molecule has 0 unspecified atom stereocenters. The van der Waals surface area contributed by atoms with Gasteiger partial charge in [0.15, 0.2) is 0 Å². The van der Waals surface area contributed by atoms with Crippen LogP contribution in [0.5, 0.6) is 5.75 Å². The summed E-state index contributed by atoms with van der Waals surface area (Å²) in [4.78, 5) is 23.5. The summed E-state index contributed by atoms with van der Waals surface area (Å²) in [6, 6.07) is 12.9. The maximum atomic E-state index is 14.4. The number of benzene rings is 3. The molecule has 0 fully saturated rings. The van der Waals surface area contributed by atoms with E-state index in [4.69, 9.17) is 16.3 Å². The van der Waals surface area contributed by atoms with Crippen LogP contribution in [0, 0.1) is 11.6 Å². The minimum atomic E-state index is -0.728. The van der Waals surface area contributed by atoms with Crippen LogP contribution in [-0.2, 0) is 6.54 Å². The summed E-state index contributed by atoms with van der Waals surface area (Å²) in [5.74, 6) is -1.30. The van der Waals surface area contributed by atoms with E-state index >= 15 is 0 Å². The van der Waals surface area contributed by atoms with Gasteiger partial charge in [0, 0.05) is 28.3 Å². The molecule has 31 heavy (non-hydrogen) atoms. The normalized spacial score (nSPS) is 10.6. The monoisotopic (exact) mass is 443 g/mol. The highest BCUT2D eigenvalue weighted by atomic mass is 35.5. The largest absolute Gasteiger partial charge is 0.493 e. The molecular formula is C24H20ClF2NO3. The van der Waals surface area contributed by atoms with Gasteiger partial charge in [0.1, 0.15) is 23.7 Å². The van der Waals surface area contributed by atoms with Crippen LogP contribution < -0.4 is 10.1 Å². The van der Waals surface area contributed by atoms with Gasteiger partial charge >= 0.3 is 0 Å². The molecule has 0 aliphatic heterocycles. The van der Waals surface area contributed by atoms with E-state index in [2.05, 4.69) is 5.32 Å². The number of hydrogen-bond donors (Lipinski definition) is 1. The van der Waals surface area contributed by atoms with E-state index in [9.17, 15) is 18.4 Å². The first-order chi connectivity index (χ1) is 14.9. The van der Waals surface area contributed by atoms with Crippen LogP contribution in [0.3, 0.4) is 0 Å². The molecule has 0 aliphatic rings. The fourth-order valence-electron chi connectivity index (χ4n) is 3.02. The van der Waals surface area contributed by atoms with E-state index in [-0.39, 0.29) is 22.7 Å². The zero-order valence-corrected chi connectivity index (χ0v) is 17.5. The van der Waals surface area contributed by atoms with E-state index in [0.717, 1.165) is 12.5 Å². The summed E-state index contributed by atoms with van der Waals surface area (Å²) >= 11 is 5.73. The fourth-order valence-corrected chi connectivity index (χ4v) is 3.18. The highest BCUT2D eigenvalue weighted by Crippen LogP contribution is 2.29. The van der Waals surface area contributed by atoms with Crippen LogP contribution in [0.15, 0.2) is 54.6 Å². The van der Waals surface area contributed by atoms with E-state index < -0.39 is 17.5 Å². The molecule has 7 heteroatoms. The van der Waals surface area contributed by atoms with Gasteiger partial charge in [-0.2, -0.15) is 0 Å². The maximum absolute atomic E-state index is 14.4. The van der Waals surface area contributed by atoms with Crippen molar-refractivity contribution >= 4 is 23.8 Å². The van der Waals surface area contributed by atoms with Crippen LogP contribution in [0.2, 0.25) is 5.02 Å². The number of carbonyl (C=O) groups is 2. The second-order valence-electron chi connectivity index (χ2n) is 6.83. The van der Waals surface area contributed by atoms with Crippen LogP contribution >= 0.6 is 11.6 Å². The molecule has 0 aliphatic carbocycles. The summed E-state index contributed by atoms with van der Waals surface area (Å²) in [5.41, 5.74) is 1.57. The van der Waals surface area contributed by atoms with Gasteiger partial charge in [-0.15, -0.1) is 0 Å². The average molecular weight is 444 g/mol. The third kappa shape index (κ3) is 5.47. The number of amides is 1. The minimum Gasteiger partial charge on any atom is -0.493 e. The van der Waals surface area contributed by atoms with E-state index in [1.54, 1.807) is 18.2 Å². The Bertz CT molecular complexity index is 1120. The van der Waals surface area contributed by atoms with Crippen LogP contribution in [0.1, 0.15) is 39.6 Å². The second kappa shape index (κ2) is 10.2. The SMILES string of the molecule is CCCOc1ccc(-c2cc(C=O)ccc2F)cc1CNC(=O)c1ccc(Cl)cc1F. The van der Waals surface area contributed by atoms with Crippen LogP contribution in [0.4, 0.5) is 8.78 Å². The van der Waals surface area contributed by atoms with Crippen molar-refractivity contribution in [1.82, 2.24) is 5.32 Å². The third-order valence-electron chi connectivity index (χ3n) is 4.57. The smallest absolute Gasteiger partial charge is 0.254 e. The Balaban J connectivity index is 1.90. The summed E-state index contributed by atoms with van der Waals surface area (Å²) in [7, 11) is 0. The second-order valence-corrected chi connectivity index (χ2v) is 7.27. The van der Waals surface area contributed by atoms with Crippen molar-refractivity contribution in [1.29, 1.82) is 0 Å². The number of ether oxygens (including phenoxy) is 1. The molecule has 1 N–H and O–H groups in total. The Morgan fingerprint density at radius 2 is 1.87 bits per heavy atom. The lowest BCUT2D eigenvalue weighted by molar-refractivity contribution is 0.0946. The predicted octanol–water partition coefficient (Wildman–Crippen LogP) is 5.82. The maximum Gasteiger partial charge on any atom is 0.254 e. The van der Waals surface area contributed by atoms with Crippen molar-refractivity contribution in [3.8, 4) is 16.9 Å². The van der Waals surface area contributed by atoms with Crippen molar-refractivity contribution in [3.05, 3.63) is 87.9 Å². The lowest BCUT2D eigenvalue weighted by Crippen LogP contribution is -2.24. The molecule has 0 bridgehead atoms. The van der Waals surface area contributed by atoms with Gasteiger partial charge in [0.2, 0.25) is 0 Å². The molecule has 160 valence electrons. The molecule has 0 aromatic heterocycles. The number of hydrogen-bond acceptors (Lipinski definition) is 3. The van der Waals surface area contributed by atoms with Gasteiger partial charge in [-0.05, 0) is 60.5 Å². The highest BCUT2D eigenvalue weighted by Gasteiger charge is 2.15. The molecule has 3 aromatic rings. The molecule has 4 nitrogen and oxygen atoms in total. The molecule has 3 rings (SSSR count). The lowest BCUT2D eigenvalue weighted by Gasteiger charge is -2.15. The van der Waals surface area contributed by atoms with E-state index in [0.29, 0.717) is 35.3 Å². The summed E-state index contributed by atoms with van der Waals surface area (Å²) in [5, 5.41) is 2.85. The van der Waals surface area contributed by atoms with Gasteiger partial charge in [0.05, 0.1) is 12.2 Å². The molecule has 0 heterocycles. The van der Waals surface area contributed by atoms with Gasteiger partial charge in [-0.1, -0.05) is 24.6 Å². The Morgan fingerprint density at radius 3 is 2.58 bits per heavy atom. The molecule has 0 spiro atoms. The molecule has 0 saturated carbocycles. The van der Waals surface area contributed by atoms with Gasteiger partial charge in [-0.25, -0.2) is 8.78 Å².